The summed E-state index contributed by atoms with van der Waals surface area (Å²) in [6.07, 6.45) is 1.52. The van der Waals surface area contributed by atoms with Crippen molar-refractivity contribution in [3.8, 4) is 0 Å². The van der Waals surface area contributed by atoms with Gasteiger partial charge in [-0.2, -0.15) is 0 Å². The molecule has 1 aromatic heterocycles. The largest absolute Gasteiger partial charge is 0.399 e. The van der Waals surface area contributed by atoms with Crippen LogP contribution in [0.2, 0.25) is 5.02 Å². The molecule has 0 saturated carbocycles. The second-order valence-electron chi connectivity index (χ2n) is 4.23. The maximum Gasteiger partial charge on any atom is 0.272 e. The van der Waals surface area contributed by atoms with Crippen LogP contribution in [0.3, 0.4) is 0 Å². The van der Waals surface area contributed by atoms with Crippen molar-refractivity contribution in [3.05, 3.63) is 58.9 Å². The van der Waals surface area contributed by atoms with Gasteiger partial charge in [0.1, 0.15) is 5.69 Å². The van der Waals surface area contributed by atoms with E-state index in [0.717, 1.165) is 5.56 Å². The number of halogens is 1. The summed E-state index contributed by atoms with van der Waals surface area (Å²) in [4.78, 5) is 17.8. The minimum atomic E-state index is -0.188. The van der Waals surface area contributed by atoms with Gasteiger partial charge in [0.2, 0.25) is 0 Å². The van der Waals surface area contributed by atoms with Crippen LogP contribution in [0.15, 0.2) is 42.6 Å². The molecule has 0 aliphatic rings. The van der Waals surface area contributed by atoms with Crippen LogP contribution in [0.25, 0.3) is 0 Å². The van der Waals surface area contributed by atoms with Crippen molar-refractivity contribution < 1.29 is 4.79 Å². The van der Waals surface area contributed by atoms with E-state index >= 15 is 0 Å². The Bertz CT molecular complexity index is 601. The minimum absolute atomic E-state index is 0.188. The number of anilines is 1. The van der Waals surface area contributed by atoms with E-state index in [1.54, 1.807) is 30.1 Å². The Labute approximate surface area is 116 Å². The molecule has 0 atom stereocenters. The first-order chi connectivity index (χ1) is 9.08. The van der Waals surface area contributed by atoms with Crippen LogP contribution in [0.4, 0.5) is 5.69 Å². The van der Waals surface area contributed by atoms with Gasteiger partial charge < -0.3 is 10.6 Å². The number of aromatic nitrogens is 1. The lowest BCUT2D eigenvalue weighted by atomic mass is 10.2. The van der Waals surface area contributed by atoms with Gasteiger partial charge in [-0.15, -0.1) is 0 Å². The van der Waals surface area contributed by atoms with Crippen LogP contribution >= 0.6 is 11.6 Å². The molecule has 2 N–H and O–H groups in total. The number of nitrogens with two attached hydrogens (primary N) is 1. The molecule has 1 aromatic carbocycles. The number of pyridine rings is 1. The van der Waals surface area contributed by atoms with Gasteiger partial charge in [0.05, 0.1) is 0 Å². The van der Waals surface area contributed by atoms with Crippen molar-refractivity contribution >= 4 is 23.2 Å². The van der Waals surface area contributed by atoms with E-state index in [4.69, 9.17) is 17.3 Å². The minimum Gasteiger partial charge on any atom is -0.399 e. The fraction of sp³-hybridized carbons (Fsp3) is 0.143. The van der Waals surface area contributed by atoms with E-state index < -0.39 is 0 Å². The van der Waals surface area contributed by atoms with Gasteiger partial charge in [-0.1, -0.05) is 29.8 Å². The van der Waals surface area contributed by atoms with Gasteiger partial charge >= 0.3 is 0 Å². The third-order valence-corrected chi connectivity index (χ3v) is 3.08. The van der Waals surface area contributed by atoms with E-state index in [1.807, 2.05) is 18.2 Å². The Morgan fingerprint density at radius 1 is 1.37 bits per heavy atom. The van der Waals surface area contributed by atoms with Gasteiger partial charge in [-0.05, 0) is 23.8 Å². The zero-order valence-corrected chi connectivity index (χ0v) is 11.3. The summed E-state index contributed by atoms with van der Waals surface area (Å²) in [5.74, 6) is -0.188. The Morgan fingerprint density at radius 2 is 2.11 bits per heavy atom. The number of hydrogen-bond acceptors (Lipinski definition) is 3. The van der Waals surface area contributed by atoms with Crippen molar-refractivity contribution in [2.24, 2.45) is 0 Å². The van der Waals surface area contributed by atoms with Crippen molar-refractivity contribution in [2.45, 2.75) is 6.54 Å². The Morgan fingerprint density at radius 3 is 2.79 bits per heavy atom. The van der Waals surface area contributed by atoms with Crippen LogP contribution in [0, 0.1) is 0 Å². The van der Waals surface area contributed by atoms with Crippen LogP contribution < -0.4 is 5.73 Å². The molecule has 0 aliphatic heterocycles. The summed E-state index contributed by atoms with van der Waals surface area (Å²) in [5.41, 5.74) is 7.38. The second kappa shape index (κ2) is 5.71. The van der Waals surface area contributed by atoms with Crippen molar-refractivity contribution in [3.63, 3.8) is 0 Å². The number of benzene rings is 1. The summed E-state index contributed by atoms with van der Waals surface area (Å²) in [5, 5.41) is 0.641. The molecule has 2 aromatic rings. The summed E-state index contributed by atoms with van der Waals surface area (Å²) >= 11 is 6.07. The number of carbonyl (C=O) groups is 1. The van der Waals surface area contributed by atoms with Crippen LogP contribution in [0.1, 0.15) is 16.1 Å². The topological polar surface area (TPSA) is 59.2 Å². The zero-order chi connectivity index (χ0) is 13.8. The summed E-state index contributed by atoms with van der Waals surface area (Å²) in [7, 11) is 1.70. The Balaban J connectivity index is 2.14. The van der Waals surface area contributed by atoms with Crippen molar-refractivity contribution in [1.29, 1.82) is 0 Å². The van der Waals surface area contributed by atoms with Gasteiger partial charge in [-0.3, -0.25) is 9.78 Å². The molecule has 19 heavy (non-hydrogen) atoms. The average molecular weight is 276 g/mol. The molecule has 1 amide bonds. The molecule has 2 rings (SSSR count). The van der Waals surface area contributed by atoms with Crippen molar-refractivity contribution in [2.75, 3.05) is 12.8 Å². The Kier molecular flexibility index (Phi) is 4.02. The molecule has 0 saturated heterocycles. The zero-order valence-electron chi connectivity index (χ0n) is 10.5. The van der Waals surface area contributed by atoms with Crippen LogP contribution in [0.5, 0.6) is 0 Å². The first kappa shape index (κ1) is 13.4. The second-order valence-corrected chi connectivity index (χ2v) is 4.63. The van der Waals surface area contributed by atoms with Crippen LogP contribution in [-0.4, -0.2) is 22.8 Å². The van der Waals surface area contributed by atoms with E-state index in [0.29, 0.717) is 22.9 Å². The molecular formula is C14H14ClN3O. The lowest BCUT2D eigenvalue weighted by Gasteiger charge is -2.17. The first-order valence-electron chi connectivity index (χ1n) is 5.78. The summed E-state index contributed by atoms with van der Waals surface area (Å²) in [6.45, 7) is 0.426. The lowest BCUT2D eigenvalue weighted by molar-refractivity contribution is 0.0779. The average Bonchev–Trinajstić information content (AvgIpc) is 2.40. The molecule has 0 bridgehead atoms. The first-order valence-corrected chi connectivity index (χ1v) is 6.16. The predicted molar refractivity (Wildman–Crippen MR) is 75.9 cm³/mol. The number of nitrogens with zero attached hydrogens (tertiary/aromatic N) is 2. The number of hydrogen-bond donors (Lipinski definition) is 1. The number of carbonyl (C=O) groups excluding carboxylic acids is 1. The predicted octanol–water partition coefficient (Wildman–Crippen LogP) is 2.59. The molecular weight excluding hydrogens is 262 g/mol. The SMILES string of the molecule is CN(Cc1ccccc1Cl)C(=O)c1cc(N)ccn1. The summed E-state index contributed by atoms with van der Waals surface area (Å²) < 4.78 is 0. The molecule has 1 heterocycles. The molecule has 0 spiro atoms. The quantitative estimate of drug-likeness (QED) is 0.937. The molecule has 0 radical (unpaired) electrons. The maximum absolute atomic E-state index is 12.2. The fourth-order valence-electron chi connectivity index (χ4n) is 1.71. The molecule has 0 fully saturated rings. The smallest absolute Gasteiger partial charge is 0.272 e. The molecule has 4 nitrogen and oxygen atoms in total. The molecule has 0 unspecified atom stereocenters. The highest BCUT2D eigenvalue weighted by atomic mass is 35.5. The third kappa shape index (κ3) is 3.23. The number of rotatable bonds is 3. The molecule has 98 valence electrons. The van der Waals surface area contributed by atoms with Crippen LogP contribution in [-0.2, 0) is 6.54 Å². The molecule has 0 aliphatic carbocycles. The van der Waals surface area contributed by atoms with Crippen molar-refractivity contribution in [1.82, 2.24) is 9.88 Å². The standard InChI is InChI=1S/C14H14ClN3O/c1-18(9-10-4-2-3-5-12(10)15)14(19)13-8-11(16)6-7-17-13/h2-8H,9H2,1H3,(H2,16,17). The third-order valence-electron chi connectivity index (χ3n) is 2.72. The van der Waals surface area contributed by atoms with E-state index in [-0.39, 0.29) is 5.91 Å². The Hall–Kier alpha value is -2.07. The monoisotopic (exact) mass is 275 g/mol. The number of nitrogen functional groups attached to an aromatic ring is 1. The highest BCUT2D eigenvalue weighted by Crippen LogP contribution is 2.17. The number of amides is 1. The highest BCUT2D eigenvalue weighted by molar-refractivity contribution is 6.31. The van der Waals surface area contributed by atoms with E-state index in [2.05, 4.69) is 4.98 Å². The van der Waals surface area contributed by atoms with Gasteiger partial charge in [-0.25, -0.2) is 0 Å². The normalized spacial score (nSPS) is 10.2. The highest BCUT2D eigenvalue weighted by Gasteiger charge is 2.14. The maximum atomic E-state index is 12.2. The fourth-order valence-corrected chi connectivity index (χ4v) is 1.91. The van der Waals surface area contributed by atoms with Gasteiger partial charge in [0, 0.05) is 30.5 Å². The lowest BCUT2D eigenvalue weighted by Crippen LogP contribution is -2.27. The summed E-state index contributed by atoms with van der Waals surface area (Å²) in [6, 6.07) is 10.6. The van der Waals surface area contributed by atoms with Gasteiger partial charge in [0.15, 0.2) is 0 Å². The van der Waals surface area contributed by atoms with E-state index in [1.165, 1.54) is 6.20 Å². The van der Waals surface area contributed by atoms with E-state index in [9.17, 15) is 4.79 Å². The molecule has 5 heteroatoms. The van der Waals surface area contributed by atoms with Gasteiger partial charge in [0.25, 0.3) is 5.91 Å².